The highest BCUT2D eigenvalue weighted by Gasteiger charge is 2.16. The highest BCUT2D eigenvalue weighted by Crippen LogP contribution is 2.20. The van der Waals surface area contributed by atoms with Gasteiger partial charge >= 0.3 is 0 Å². The molecule has 2 aromatic rings. The lowest BCUT2D eigenvalue weighted by molar-refractivity contribution is -0.114. The second-order valence-corrected chi connectivity index (χ2v) is 6.75. The number of ether oxygens (including phenoxy) is 2. The topological polar surface area (TPSA) is 59.6 Å². The van der Waals surface area contributed by atoms with Crippen molar-refractivity contribution in [1.29, 1.82) is 0 Å². The minimum Gasteiger partial charge on any atom is -0.491 e. The Hall–Kier alpha value is -2.53. The van der Waals surface area contributed by atoms with Crippen molar-refractivity contribution >= 4 is 17.3 Å². The summed E-state index contributed by atoms with van der Waals surface area (Å²) >= 11 is 0. The van der Waals surface area contributed by atoms with Gasteiger partial charge in [-0.25, -0.2) is 0 Å². The Kier molecular flexibility index (Phi) is 6.12. The maximum atomic E-state index is 12.2. The highest BCUT2D eigenvalue weighted by molar-refractivity contribution is 5.93. The quantitative estimate of drug-likeness (QED) is 0.791. The molecule has 1 atom stereocenters. The first kappa shape index (κ1) is 18.3. The van der Waals surface area contributed by atoms with Crippen molar-refractivity contribution in [3.05, 3.63) is 53.6 Å². The number of hydrogen-bond acceptors (Lipinski definition) is 4. The molecule has 2 aromatic carbocycles. The molecule has 5 heteroatoms. The zero-order valence-corrected chi connectivity index (χ0v) is 15.4. The Labute approximate surface area is 154 Å². The summed E-state index contributed by atoms with van der Waals surface area (Å²) in [5, 5.41) is 6.06. The average molecular weight is 354 g/mol. The number of aryl methyl sites for hydroxylation is 2. The lowest BCUT2D eigenvalue weighted by atomic mass is 10.1. The van der Waals surface area contributed by atoms with Gasteiger partial charge in [-0.2, -0.15) is 0 Å². The van der Waals surface area contributed by atoms with Gasteiger partial charge in [-0.15, -0.1) is 0 Å². The number of rotatable bonds is 7. The van der Waals surface area contributed by atoms with Crippen molar-refractivity contribution in [3.63, 3.8) is 0 Å². The third-order valence-corrected chi connectivity index (χ3v) is 4.25. The highest BCUT2D eigenvalue weighted by atomic mass is 16.5. The zero-order valence-electron chi connectivity index (χ0n) is 15.4. The van der Waals surface area contributed by atoms with E-state index >= 15 is 0 Å². The van der Waals surface area contributed by atoms with E-state index in [4.69, 9.17) is 9.47 Å². The molecule has 26 heavy (non-hydrogen) atoms. The van der Waals surface area contributed by atoms with Gasteiger partial charge in [0.15, 0.2) is 0 Å². The number of amides is 1. The van der Waals surface area contributed by atoms with E-state index in [0.29, 0.717) is 6.61 Å². The minimum atomic E-state index is -0.0827. The van der Waals surface area contributed by atoms with E-state index in [0.717, 1.165) is 47.7 Å². The number of hydrogen-bond donors (Lipinski definition) is 2. The van der Waals surface area contributed by atoms with E-state index in [1.54, 1.807) is 0 Å². The van der Waals surface area contributed by atoms with Crippen LogP contribution >= 0.6 is 0 Å². The zero-order chi connectivity index (χ0) is 18.4. The van der Waals surface area contributed by atoms with Gasteiger partial charge in [-0.05, 0) is 62.1 Å². The fraction of sp³-hybridized carbons (Fsp3) is 0.381. The molecule has 0 aromatic heterocycles. The summed E-state index contributed by atoms with van der Waals surface area (Å²) in [4.78, 5) is 12.2. The van der Waals surface area contributed by atoms with Gasteiger partial charge in [-0.1, -0.05) is 12.1 Å². The summed E-state index contributed by atoms with van der Waals surface area (Å²) in [6.45, 7) is 5.62. The summed E-state index contributed by atoms with van der Waals surface area (Å²) in [7, 11) is 0. The van der Waals surface area contributed by atoms with Crippen LogP contribution in [0.1, 0.15) is 24.0 Å². The first-order valence-corrected chi connectivity index (χ1v) is 9.05. The lowest BCUT2D eigenvalue weighted by Crippen LogP contribution is -2.22. The summed E-state index contributed by atoms with van der Waals surface area (Å²) in [5.41, 5.74) is 3.93. The van der Waals surface area contributed by atoms with Crippen molar-refractivity contribution in [1.82, 2.24) is 0 Å². The van der Waals surface area contributed by atoms with Gasteiger partial charge < -0.3 is 20.1 Å². The molecule has 1 amide bonds. The Bertz CT molecular complexity index is 734. The average Bonchev–Trinajstić information content (AvgIpc) is 3.11. The van der Waals surface area contributed by atoms with E-state index in [9.17, 15) is 4.79 Å². The van der Waals surface area contributed by atoms with Crippen LogP contribution in [0, 0.1) is 13.8 Å². The molecule has 0 saturated carbocycles. The van der Waals surface area contributed by atoms with E-state index in [2.05, 4.69) is 16.7 Å². The Morgan fingerprint density at radius 3 is 2.69 bits per heavy atom. The molecule has 1 aliphatic heterocycles. The van der Waals surface area contributed by atoms with E-state index < -0.39 is 0 Å². The molecule has 0 bridgehead atoms. The van der Waals surface area contributed by atoms with Gasteiger partial charge in [-0.3, -0.25) is 4.79 Å². The predicted molar refractivity (Wildman–Crippen MR) is 104 cm³/mol. The molecule has 3 rings (SSSR count). The molecule has 2 N–H and O–H groups in total. The number of nitrogens with one attached hydrogen (secondary N) is 2. The Morgan fingerprint density at radius 2 is 1.96 bits per heavy atom. The SMILES string of the molecule is Cc1cc(C)cc(NC(=O)CNc2cccc(OCC3CCCO3)c2)c1. The molecule has 0 spiro atoms. The maximum absolute atomic E-state index is 12.2. The third kappa shape index (κ3) is 5.49. The molecule has 0 radical (unpaired) electrons. The van der Waals surface area contributed by atoms with Crippen molar-refractivity contribution < 1.29 is 14.3 Å². The fourth-order valence-corrected chi connectivity index (χ4v) is 3.10. The van der Waals surface area contributed by atoms with E-state index in [1.807, 2.05) is 50.2 Å². The summed E-state index contributed by atoms with van der Waals surface area (Å²) in [6.07, 6.45) is 2.34. The Balaban J connectivity index is 1.49. The Morgan fingerprint density at radius 1 is 1.15 bits per heavy atom. The van der Waals surface area contributed by atoms with Crippen molar-refractivity contribution in [2.75, 3.05) is 30.4 Å². The molecular formula is C21H26N2O3. The second-order valence-electron chi connectivity index (χ2n) is 6.75. The van der Waals surface area contributed by atoms with Gasteiger partial charge in [0.25, 0.3) is 0 Å². The molecule has 1 fully saturated rings. The smallest absolute Gasteiger partial charge is 0.243 e. The van der Waals surface area contributed by atoms with Crippen LogP contribution in [0.25, 0.3) is 0 Å². The summed E-state index contributed by atoms with van der Waals surface area (Å²) in [6, 6.07) is 13.7. The fourth-order valence-electron chi connectivity index (χ4n) is 3.10. The molecule has 138 valence electrons. The number of benzene rings is 2. The maximum Gasteiger partial charge on any atom is 0.243 e. The van der Waals surface area contributed by atoms with Crippen molar-refractivity contribution in [3.8, 4) is 5.75 Å². The summed E-state index contributed by atoms with van der Waals surface area (Å²) in [5.74, 6) is 0.695. The molecule has 1 saturated heterocycles. The monoisotopic (exact) mass is 354 g/mol. The number of carbonyl (C=O) groups excluding carboxylic acids is 1. The lowest BCUT2D eigenvalue weighted by Gasteiger charge is -2.13. The largest absolute Gasteiger partial charge is 0.491 e. The second kappa shape index (κ2) is 8.72. The predicted octanol–water partition coefficient (Wildman–Crippen LogP) is 3.91. The molecular weight excluding hydrogens is 328 g/mol. The first-order chi connectivity index (χ1) is 12.6. The van der Waals surface area contributed by atoms with Gasteiger partial charge in [0.05, 0.1) is 12.6 Å². The van der Waals surface area contributed by atoms with Crippen LogP contribution in [0.5, 0.6) is 5.75 Å². The molecule has 1 aliphatic rings. The first-order valence-electron chi connectivity index (χ1n) is 9.05. The van der Waals surface area contributed by atoms with Crippen LogP contribution in [0.3, 0.4) is 0 Å². The van der Waals surface area contributed by atoms with Crippen molar-refractivity contribution in [2.24, 2.45) is 0 Å². The van der Waals surface area contributed by atoms with Crippen LogP contribution < -0.4 is 15.4 Å². The normalized spacial score (nSPS) is 16.3. The van der Waals surface area contributed by atoms with E-state index in [-0.39, 0.29) is 18.6 Å². The van der Waals surface area contributed by atoms with Crippen molar-refractivity contribution in [2.45, 2.75) is 32.8 Å². The number of anilines is 2. The van der Waals surface area contributed by atoms with Crippen LogP contribution in [0.4, 0.5) is 11.4 Å². The third-order valence-electron chi connectivity index (χ3n) is 4.25. The van der Waals surface area contributed by atoms with Crippen LogP contribution in [0.15, 0.2) is 42.5 Å². The standard InChI is InChI=1S/C21H26N2O3/c1-15-9-16(2)11-18(10-15)23-21(24)13-22-17-5-3-6-19(12-17)26-14-20-7-4-8-25-20/h3,5-6,9-12,20,22H,4,7-8,13-14H2,1-2H3,(H,23,24). The number of carbonyl (C=O) groups is 1. The minimum absolute atomic E-state index is 0.0827. The molecule has 1 unspecified atom stereocenters. The van der Waals surface area contributed by atoms with Gasteiger partial charge in [0.1, 0.15) is 12.4 Å². The molecule has 5 nitrogen and oxygen atoms in total. The van der Waals surface area contributed by atoms with Gasteiger partial charge in [0.2, 0.25) is 5.91 Å². The van der Waals surface area contributed by atoms with E-state index in [1.165, 1.54) is 0 Å². The van der Waals surface area contributed by atoms with Gasteiger partial charge in [0, 0.05) is 24.0 Å². The molecule has 0 aliphatic carbocycles. The van der Waals surface area contributed by atoms with Crippen LogP contribution in [-0.2, 0) is 9.53 Å². The summed E-state index contributed by atoms with van der Waals surface area (Å²) < 4.78 is 11.4. The van der Waals surface area contributed by atoms with Crippen LogP contribution in [0.2, 0.25) is 0 Å². The van der Waals surface area contributed by atoms with Crippen LogP contribution in [-0.4, -0.2) is 31.8 Å². The molecule has 1 heterocycles.